The molecule has 0 saturated heterocycles. The predicted octanol–water partition coefficient (Wildman–Crippen LogP) is 1.79. The lowest BCUT2D eigenvalue weighted by Crippen LogP contribution is -2.37. The van der Waals surface area contributed by atoms with Crippen LogP contribution in [0.15, 0.2) is 29.2 Å². The second-order valence-corrected chi connectivity index (χ2v) is 8.32. The topological polar surface area (TPSA) is 92.8 Å². The van der Waals surface area contributed by atoms with E-state index in [1.807, 2.05) is 6.92 Å². The van der Waals surface area contributed by atoms with Crippen molar-refractivity contribution in [1.82, 2.24) is 9.62 Å². The number of nitrogens with one attached hydrogen (secondary N) is 1. The first-order valence-electron chi connectivity index (χ1n) is 8.86. The van der Waals surface area contributed by atoms with E-state index in [0.717, 1.165) is 12.8 Å². The Balaban J connectivity index is 2.00. The fourth-order valence-electron chi connectivity index (χ4n) is 2.72. The van der Waals surface area contributed by atoms with Crippen molar-refractivity contribution in [3.05, 3.63) is 29.8 Å². The van der Waals surface area contributed by atoms with Crippen LogP contribution in [0.25, 0.3) is 0 Å². The van der Waals surface area contributed by atoms with E-state index in [1.54, 1.807) is 13.8 Å². The highest BCUT2D eigenvalue weighted by Crippen LogP contribution is 2.32. The van der Waals surface area contributed by atoms with Gasteiger partial charge in [0, 0.05) is 19.1 Å². The van der Waals surface area contributed by atoms with Crippen LogP contribution in [0.3, 0.4) is 0 Å². The largest absolute Gasteiger partial charge is 0.452 e. The highest BCUT2D eigenvalue weighted by Gasteiger charge is 2.29. The number of benzene rings is 1. The Morgan fingerprint density at radius 2 is 1.92 bits per heavy atom. The van der Waals surface area contributed by atoms with Gasteiger partial charge in [0.05, 0.1) is 10.5 Å². The normalized spacial score (nSPS) is 15.5. The summed E-state index contributed by atoms with van der Waals surface area (Å²) in [6.07, 6.45) is 2.21. The molecule has 26 heavy (non-hydrogen) atoms. The number of sulfonamides is 1. The third kappa shape index (κ3) is 5.04. The van der Waals surface area contributed by atoms with Gasteiger partial charge in [0.2, 0.25) is 10.0 Å². The van der Waals surface area contributed by atoms with Crippen LogP contribution in [-0.2, 0) is 19.6 Å². The number of carbonyl (C=O) groups excluding carboxylic acids is 2. The summed E-state index contributed by atoms with van der Waals surface area (Å²) < 4.78 is 31.4. The molecule has 0 radical (unpaired) electrons. The van der Waals surface area contributed by atoms with E-state index in [2.05, 4.69) is 5.32 Å². The molecule has 1 aliphatic rings. The van der Waals surface area contributed by atoms with Crippen molar-refractivity contribution < 1.29 is 22.7 Å². The van der Waals surface area contributed by atoms with Crippen molar-refractivity contribution in [3.8, 4) is 0 Å². The van der Waals surface area contributed by atoms with E-state index >= 15 is 0 Å². The molecule has 144 valence electrons. The first kappa shape index (κ1) is 20.4. The maximum absolute atomic E-state index is 12.5. The highest BCUT2D eigenvalue weighted by molar-refractivity contribution is 7.89. The van der Waals surface area contributed by atoms with Gasteiger partial charge in [0.25, 0.3) is 5.91 Å². The summed E-state index contributed by atoms with van der Waals surface area (Å²) in [7, 11) is -3.66. The Bertz CT molecular complexity index is 755. The first-order chi connectivity index (χ1) is 12.3. The van der Waals surface area contributed by atoms with Crippen LogP contribution in [0.2, 0.25) is 0 Å². The fraction of sp³-hybridized carbons (Fsp3) is 0.556. The quantitative estimate of drug-likeness (QED) is 0.657. The van der Waals surface area contributed by atoms with Crippen molar-refractivity contribution in [2.75, 3.05) is 19.7 Å². The van der Waals surface area contributed by atoms with Gasteiger partial charge in [-0.3, -0.25) is 4.79 Å². The van der Waals surface area contributed by atoms with Crippen LogP contribution in [0.1, 0.15) is 44.0 Å². The van der Waals surface area contributed by atoms with Crippen molar-refractivity contribution in [1.29, 1.82) is 0 Å². The summed E-state index contributed by atoms with van der Waals surface area (Å²) in [6.45, 7) is 5.72. The molecule has 0 heterocycles. The molecule has 0 bridgehead atoms. The summed E-state index contributed by atoms with van der Waals surface area (Å²) in [5.41, 5.74) is 0.0984. The summed E-state index contributed by atoms with van der Waals surface area (Å²) >= 11 is 0. The van der Waals surface area contributed by atoms with Crippen LogP contribution in [-0.4, -0.2) is 50.3 Å². The maximum atomic E-state index is 12.5. The van der Waals surface area contributed by atoms with Gasteiger partial charge in [0.15, 0.2) is 6.61 Å². The molecule has 0 unspecified atom stereocenters. The van der Waals surface area contributed by atoms with E-state index < -0.39 is 16.0 Å². The Morgan fingerprint density at radius 3 is 2.50 bits per heavy atom. The lowest BCUT2D eigenvalue weighted by molar-refractivity contribution is -0.124. The molecule has 1 N–H and O–H groups in total. The Morgan fingerprint density at radius 1 is 1.27 bits per heavy atom. The Labute approximate surface area is 154 Å². The molecule has 1 aromatic carbocycles. The molecule has 1 atom stereocenters. The molecule has 7 nitrogen and oxygen atoms in total. The number of hydrogen-bond donors (Lipinski definition) is 1. The highest BCUT2D eigenvalue weighted by atomic mass is 32.2. The second kappa shape index (κ2) is 8.64. The fourth-order valence-corrected chi connectivity index (χ4v) is 4.22. The molecule has 0 aromatic heterocycles. The van der Waals surface area contributed by atoms with Crippen LogP contribution in [0.4, 0.5) is 0 Å². The zero-order valence-electron chi connectivity index (χ0n) is 15.4. The zero-order valence-corrected chi connectivity index (χ0v) is 16.2. The molecular weight excluding hydrogens is 356 g/mol. The lowest BCUT2D eigenvalue weighted by atomic mass is 10.2. The van der Waals surface area contributed by atoms with Gasteiger partial charge < -0.3 is 10.1 Å². The van der Waals surface area contributed by atoms with Gasteiger partial charge in [0.1, 0.15) is 0 Å². The molecule has 0 aliphatic heterocycles. The molecule has 0 spiro atoms. The third-order valence-corrected chi connectivity index (χ3v) is 6.51. The Kier molecular flexibility index (Phi) is 6.77. The number of esters is 1. The van der Waals surface area contributed by atoms with Crippen molar-refractivity contribution in [3.63, 3.8) is 0 Å². The molecular formula is C18H26N2O5S. The van der Waals surface area contributed by atoms with Gasteiger partial charge in [-0.2, -0.15) is 4.31 Å². The number of hydrogen-bond acceptors (Lipinski definition) is 5. The van der Waals surface area contributed by atoms with Crippen LogP contribution >= 0.6 is 0 Å². The average Bonchev–Trinajstić information content (AvgIpc) is 3.45. The predicted molar refractivity (Wildman–Crippen MR) is 97.2 cm³/mol. The summed E-state index contributed by atoms with van der Waals surface area (Å²) in [5, 5.41) is 2.80. The number of ether oxygens (including phenoxy) is 1. The second-order valence-electron chi connectivity index (χ2n) is 6.39. The van der Waals surface area contributed by atoms with Gasteiger partial charge >= 0.3 is 5.97 Å². The number of amides is 1. The first-order valence-corrected chi connectivity index (χ1v) is 10.3. The Hall–Kier alpha value is -1.93. The van der Waals surface area contributed by atoms with Crippen molar-refractivity contribution in [2.24, 2.45) is 5.92 Å². The van der Waals surface area contributed by atoms with Gasteiger partial charge in [-0.05, 0) is 43.9 Å². The van der Waals surface area contributed by atoms with E-state index in [0.29, 0.717) is 19.0 Å². The molecule has 2 rings (SSSR count). The summed E-state index contributed by atoms with van der Waals surface area (Å²) in [6, 6.07) is 5.75. The molecule has 1 saturated carbocycles. The monoisotopic (exact) mass is 382 g/mol. The minimum Gasteiger partial charge on any atom is -0.452 e. The lowest BCUT2D eigenvalue weighted by Gasteiger charge is -2.18. The standard InChI is InChI=1S/C18H26N2O5S/c1-4-20(5-2)26(23,24)16-8-6-7-15(11-16)18(22)25-12-17(21)19-13(3)14-9-10-14/h6-8,11,13-14H,4-5,9-10,12H2,1-3H3,(H,19,21)/t13-/m1/s1. The summed E-state index contributed by atoms with van der Waals surface area (Å²) in [5.74, 6) is -0.572. The molecule has 1 amide bonds. The minimum absolute atomic E-state index is 0.0301. The van der Waals surface area contributed by atoms with Crippen molar-refractivity contribution >= 4 is 21.9 Å². The third-order valence-electron chi connectivity index (χ3n) is 4.47. The van der Waals surface area contributed by atoms with Crippen LogP contribution in [0, 0.1) is 5.92 Å². The number of rotatable bonds is 9. The van der Waals surface area contributed by atoms with E-state index in [-0.39, 0.29) is 29.0 Å². The number of nitrogens with zero attached hydrogens (tertiary/aromatic N) is 1. The van der Waals surface area contributed by atoms with E-state index in [1.165, 1.54) is 28.6 Å². The SMILES string of the molecule is CCN(CC)S(=O)(=O)c1cccc(C(=O)OCC(=O)N[C@H](C)C2CC2)c1. The minimum atomic E-state index is -3.66. The van der Waals surface area contributed by atoms with E-state index in [9.17, 15) is 18.0 Å². The molecule has 8 heteroatoms. The zero-order chi connectivity index (χ0) is 19.3. The van der Waals surface area contributed by atoms with Crippen molar-refractivity contribution in [2.45, 2.75) is 44.6 Å². The van der Waals surface area contributed by atoms with E-state index in [4.69, 9.17) is 4.74 Å². The molecule has 1 fully saturated rings. The van der Waals surface area contributed by atoms with Gasteiger partial charge in [-0.15, -0.1) is 0 Å². The average molecular weight is 382 g/mol. The summed E-state index contributed by atoms with van der Waals surface area (Å²) in [4.78, 5) is 24.0. The molecule has 1 aromatic rings. The maximum Gasteiger partial charge on any atom is 0.338 e. The van der Waals surface area contributed by atoms with Gasteiger partial charge in [-0.25, -0.2) is 13.2 Å². The van der Waals surface area contributed by atoms with Gasteiger partial charge in [-0.1, -0.05) is 19.9 Å². The van der Waals surface area contributed by atoms with Crippen LogP contribution in [0.5, 0.6) is 0 Å². The smallest absolute Gasteiger partial charge is 0.338 e. The number of carbonyl (C=O) groups is 2. The molecule has 1 aliphatic carbocycles. The van der Waals surface area contributed by atoms with Crippen LogP contribution < -0.4 is 5.32 Å².